The van der Waals surface area contributed by atoms with Crippen LogP contribution in [0.15, 0.2) is 36.4 Å². The molecule has 2 aromatic rings. The van der Waals surface area contributed by atoms with E-state index in [1.54, 1.807) is 44.4 Å². The standard InChI is InChI=1S/C22H28N4O3/c1-26(2)22(28)12-8-15-7-9-18(20(27)13-15)19-10-11-21(25-24-19)29-17-6-4-3-5-16(23)14-17/h7-13,16-17,27H,3-6,14,23H2,1-2H3/b12-8+/t16?,17-/m0/s1. The van der Waals surface area contributed by atoms with Gasteiger partial charge in [-0.05, 0) is 55.5 Å². The smallest absolute Gasteiger partial charge is 0.246 e. The minimum atomic E-state index is -0.121. The van der Waals surface area contributed by atoms with E-state index in [0.717, 1.165) is 37.7 Å². The van der Waals surface area contributed by atoms with Crippen LogP contribution in [0.5, 0.6) is 11.6 Å². The van der Waals surface area contributed by atoms with E-state index in [2.05, 4.69) is 10.2 Å². The summed E-state index contributed by atoms with van der Waals surface area (Å²) in [5.74, 6) is 0.418. The number of ether oxygens (including phenoxy) is 1. The van der Waals surface area contributed by atoms with Gasteiger partial charge in [-0.1, -0.05) is 12.5 Å². The van der Waals surface area contributed by atoms with E-state index in [4.69, 9.17) is 10.5 Å². The van der Waals surface area contributed by atoms with E-state index < -0.39 is 0 Å². The molecule has 1 aromatic carbocycles. The van der Waals surface area contributed by atoms with Crippen molar-refractivity contribution in [2.45, 2.75) is 44.2 Å². The number of phenolic OH excluding ortho intramolecular Hbond substituents is 1. The molecule has 3 N–H and O–H groups in total. The zero-order chi connectivity index (χ0) is 20.8. The zero-order valence-electron chi connectivity index (χ0n) is 16.9. The topological polar surface area (TPSA) is 102 Å². The number of hydrogen-bond donors (Lipinski definition) is 2. The molecule has 1 aliphatic carbocycles. The molecular weight excluding hydrogens is 368 g/mol. The molecule has 0 aliphatic heterocycles. The maximum atomic E-state index is 11.6. The van der Waals surface area contributed by atoms with Crippen molar-refractivity contribution in [3.8, 4) is 22.9 Å². The highest BCUT2D eigenvalue weighted by Crippen LogP contribution is 2.29. The SMILES string of the molecule is CN(C)C(=O)/C=C/c1ccc(-c2ccc(O[C@H]3CCCCC(N)C3)nn2)c(O)c1. The molecule has 0 saturated heterocycles. The lowest BCUT2D eigenvalue weighted by molar-refractivity contribution is -0.123. The number of hydrogen-bond acceptors (Lipinski definition) is 6. The van der Waals surface area contributed by atoms with Gasteiger partial charge in [-0.25, -0.2) is 0 Å². The van der Waals surface area contributed by atoms with Gasteiger partial charge in [-0.2, -0.15) is 0 Å². The lowest BCUT2D eigenvalue weighted by Crippen LogP contribution is -2.27. The van der Waals surface area contributed by atoms with Gasteiger partial charge < -0.3 is 20.5 Å². The third kappa shape index (κ3) is 5.77. The number of phenols is 1. The molecule has 1 aromatic heterocycles. The molecule has 2 atom stereocenters. The molecular formula is C22H28N4O3. The maximum absolute atomic E-state index is 11.6. The van der Waals surface area contributed by atoms with Gasteiger partial charge >= 0.3 is 0 Å². The Hall–Kier alpha value is -2.93. The predicted octanol–water partition coefficient (Wildman–Crippen LogP) is 2.99. The first-order valence-electron chi connectivity index (χ1n) is 9.91. The number of amides is 1. The number of aromatic nitrogens is 2. The Bertz CT molecular complexity index is 865. The van der Waals surface area contributed by atoms with Crippen molar-refractivity contribution in [3.63, 3.8) is 0 Å². The molecule has 3 rings (SSSR count). The van der Waals surface area contributed by atoms with Crippen molar-refractivity contribution < 1.29 is 14.6 Å². The van der Waals surface area contributed by atoms with Crippen LogP contribution in [0.4, 0.5) is 0 Å². The highest BCUT2D eigenvalue weighted by molar-refractivity contribution is 5.91. The second-order valence-corrected chi connectivity index (χ2v) is 7.62. The van der Waals surface area contributed by atoms with Crippen molar-refractivity contribution in [2.75, 3.05) is 14.1 Å². The van der Waals surface area contributed by atoms with Crippen molar-refractivity contribution in [3.05, 3.63) is 42.0 Å². The van der Waals surface area contributed by atoms with Crippen LogP contribution in [0.25, 0.3) is 17.3 Å². The summed E-state index contributed by atoms with van der Waals surface area (Å²) in [6.45, 7) is 0. The Morgan fingerprint density at radius 3 is 2.69 bits per heavy atom. The van der Waals surface area contributed by atoms with E-state index in [-0.39, 0.29) is 23.8 Å². The molecule has 154 valence electrons. The highest BCUT2D eigenvalue weighted by atomic mass is 16.5. The number of likely N-dealkylation sites (N-methyl/N-ethyl adjacent to an activating group) is 1. The molecule has 1 fully saturated rings. The second-order valence-electron chi connectivity index (χ2n) is 7.62. The Morgan fingerprint density at radius 1 is 1.21 bits per heavy atom. The molecule has 1 saturated carbocycles. The molecule has 29 heavy (non-hydrogen) atoms. The van der Waals surface area contributed by atoms with E-state index in [0.29, 0.717) is 17.1 Å². The fourth-order valence-corrected chi connectivity index (χ4v) is 3.34. The molecule has 1 aliphatic rings. The molecule has 1 heterocycles. The zero-order valence-corrected chi connectivity index (χ0v) is 16.9. The number of rotatable bonds is 5. The largest absolute Gasteiger partial charge is 0.507 e. The maximum Gasteiger partial charge on any atom is 0.246 e. The third-order valence-electron chi connectivity index (χ3n) is 5.00. The molecule has 0 spiro atoms. The molecule has 1 amide bonds. The Morgan fingerprint density at radius 2 is 2.00 bits per heavy atom. The van der Waals surface area contributed by atoms with Gasteiger partial charge in [-0.3, -0.25) is 4.79 Å². The van der Waals surface area contributed by atoms with Gasteiger partial charge in [0.05, 0.1) is 5.69 Å². The predicted molar refractivity (Wildman–Crippen MR) is 112 cm³/mol. The van der Waals surface area contributed by atoms with Crippen molar-refractivity contribution in [1.29, 1.82) is 0 Å². The first kappa shape index (κ1) is 20.8. The quantitative estimate of drug-likeness (QED) is 0.595. The summed E-state index contributed by atoms with van der Waals surface area (Å²) in [7, 11) is 3.37. The summed E-state index contributed by atoms with van der Waals surface area (Å²) < 4.78 is 5.96. The van der Waals surface area contributed by atoms with Gasteiger partial charge in [0, 0.05) is 37.8 Å². The first-order valence-corrected chi connectivity index (χ1v) is 9.91. The minimum Gasteiger partial charge on any atom is -0.507 e. The van der Waals surface area contributed by atoms with E-state index in [9.17, 15) is 9.90 Å². The van der Waals surface area contributed by atoms with Gasteiger partial charge in [0.15, 0.2) is 0 Å². The molecule has 7 nitrogen and oxygen atoms in total. The summed E-state index contributed by atoms with van der Waals surface area (Å²) in [5.41, 5.74) is 7.93. The number of carbonyl (C=O) groups excluding carboxylic acids is 1. The Kier molecular flexibility index (Phi) is 6.82. The number of nitrogens with two attached hydrogens (primary N) is 1. The summed E-state index contributed by atoms with van der Waals surface area (Å²) in [6, 6.07) is 8.87. The van der Waals surface area contributed by atoms with Crippen molar-refractivity contribution in [1.82, 2.24) is 15.1 Å². The fourth-order valence-electron chi connectivity index (χ4n) is 3.34. The van der Waals surface area contributed by atoms with Crippen LogP contribution in [0.1, 0.15) is 37.7 Å². The Labute approximate surface area is 171 Å². The van der Waals surface area contributed by atoms with E-state index >= 15 is 0 Å². The van der Waals surface area contributed by atoms with Crippen LogP contribution < -0.4 is 10.5 Å². The average molecular weight is 396 g/mol. The van der Waals surface area contributed by atoms with Crippen LogP contribution >= 0.6 is 0 Å². The fraction of sp³-hybridized carbons (Fsp3) is 0.409. The molecule has 0 radical (unpaired) electrons. The molecule has 7 heteroatoms. The van der Waals surface area contributed by atoms with Crippen molar-refractivity contribution in [2.24, 2.45) is 5.73 Å². The van der Waals surface area contributed by atoms with Crippen LogP contribution in [0.2, 0.25) is 0 Å². The molecule has 1 unspecified atom stereocenters. The number of nitrogens with zero attached hydrogens (tertiary/aromatic N) is 3. The van der Waals surface area contributed by atoms with E-state index in [1.807, 2.05) is 6.07 Å². The highest BCUT2D eigenvalue weighted by Gasteiger charge is 2.19. The average Bonchev–Trinajstić information content (AvgIpc) is 2.90. The summed E-state index contributed by atoms with van der Waals surface area (Å²) in [4.78, 5) is 13.1. The van der Waals surface area contributed by atoms with Gasteiger partial charge in [-0.15, -0.1) is 10.2 Å². The van der Waals surface area contributed by atoms with E-state index in [1.165, 1.54) is 11.0 Å². The first-order chi connectivity index (χ1) is 13.9. The lowest BCUT2D eigenvalue weighted by Gasteiger charge is -2.18. The summed E-state index contributed by atoms with van der Waals surface area (Å²) >= 11 is 0. The third-order valence-corrected chi connectivity index (χ3v) is 5.00. The monoisotopic (exact) mass is 396 g/mol. The lowest BCUT2D eigenvalue weighted by atomic mass is 10.1. The number of aromatic hydroxyl groups is 1. The molecule has 0 bridgehead atoms. The van der Waals surface area contributed by atoms with Crippen LogP contribution in [0, 0.1) is 0 Å². The van der Waals surface area contributed by atoms with Gasteiger partial charge in [0.1, 0.15) is 11.9 Å². The van der Waals surface area contributed by atoms with Crippen LogP contribution in [-0.4, -0.2) is 52.4 Å². The summed E-state index contributed by atoms with van der Waals surface area (Å²) in [6.07, 6.45) is 8.28. The van der Waals surface area contributed by atoms with Crippen LogP contribution in [0.3, 0.4) is 0 Å². The minimum absolute atomic E-state index is 0.0667. The van der Waals surface area contributed by atoms with Gasteiger partial charge in [0.2, 0.25) is 11.8 Å². The Balaban J connectivity index is 1.68. The van der Waals surface area contributed by atoms with Gasteiger partial charge in [0.25, 0.3) is 0 Å². The second kappa shape index (κ2) is 9.52. The number of carbonyl (C=O) groups is 1. The summed E-state index contributed by atoms with van der Waals surface area (Å²) in [5, 5.41) is 18.7. The van der Waals surface area contributed by atoms with Crippen LogP contribution in [-0.2, 0) is 4.79 Å². The normalized spacial score (nSPS) is 19.7. The van der Waals surface area contributed by atoms with Crippen molar-refractivity contribution >= 4 is 12.0 Å². The number of benzene rings is 1.